The summed E-state index contributed by atoms with van der Waals surface area (Å²) in [6.45, 7) is 0. The van der Waals surface area contributed by atoms with Gasteiger partial charge in [0.15, 0.2) is 0 Å². The SMILES string of the molecule is NC(=O)[C@H](Cc1c[nH]c2ccccc12)NC(=O)[C@@H](NC(=O)NNC(=O)[C@@H](N)Cc1ccncc1)c1ccccc1. The number of amides is 5. The lowest BCUT2D eigenvalue weighted by Gasteiger charge is -2.23. The first-order valence-corrected chi connectivity index (χ1v) is 12.5. The zero-order valence-electron chi connectivity index (χ0n) is 21.5. The number of pyridine rings is 1. The molecule has 12 nitrogen and oxygen atoms in total. The zero-order valence-corrected chi connectivity index (χ0v) is 21.5. The summed E-state index contributed by atoms with van der Waals surface area (Å²) in [5, 5.41) is 6.08. The fourth-order valence-electron chi connectivity index (χ4n) is 4.19. The van der Waals surface area contributed by atoms with Crippen molar-refractivity contribution in [1.29, 1.82) is 0 Å². The van der Waals surface area contributed by atoms with E-state index in [2.05, 4.69) is 31.5 Å². The predicted octanol–water partition coefficient (Wildman–Crippen LogP) is 0.717. The van der Waals surface area contributed by atoms with Crippen molar-refractivity contribution in [1.82, 2.24) is 31.5 Å². The van der Waals surface area contributed by atoms with Crippen molar-refractivity contribution in [2.75, 3.05) is 0 Å². The van der Waals surface area contributed by atoms with Crippen LogP contribution in [0.1, 0.15) is 22.7 Å². The van der Waals surface area contributed by atoms with Gasteiger partial charge in [-0.25, -0.2) is 10.2 Å². The van der Waals surface area contributed by atoms with Crippen molar-refractivity contribution < 1.29 is 19.2 Å². The summed E-state index contributed by atoms with van der Waals surface area (Å²) in [4.78, 5) is 57.7. The zero-order chi connectivity index (χ0) is 28.5. The first kappa shape index (κ1) is 27.8. The Balaban J connectivity index is 1.41. The summed E-state index contributed by atoms with van der Waals surface area (Å²) >= 11 is 0. The van der Waals surface area contributed by atoms with Gasteiger partial charge in [-0.15, -0.1) is 0 Å². The molecule has 0 fully saturated rings. The number of aromatic amines is 1. The van der Waals surface area contributed by atoms with Gasteiger partial charge in [-0.1, -0.05) is 48.5 Å². The van der Waals surface area contributed by atoms with Gasteiger partial charge in [0.05, 0.1) is 6.04 Å². The summed E-state index contributed by atoms with van der Waals surface area (Å²) in [6, 6.07) is 15.4. The molecule has 2 heterocycles. The molecular weight excluding hydrogens is 512 g/mol. The molecule has 3 atom stereocenters. The van der Waals surface area contributed by atoms with Gasteiger partial charge >= 0.3 is 6.03 Å². The Labute approximate surface area is 229 Å². The van der Waals surface area contributed by atoms with Crippen molar-refractivity contribution in [2.45, 2.75) is 31.0 Å². The van der Waals surface area contributed by atoms with E-state index in [0.717, 1.165) is 22.0 Å². The van der Waals surface area contributed by atoms with Crippen molar-refractivity contribution in [3.05, 3.63) is 102 Å². The molecule has 206 valence electrons. The van der Waals surface area contributed by atoms with E-state index in [-0.39, 0.29) is 12.8 Å². The Morgan fingerprint density at radius 2 is 1.52 bits per heavy atom. The highest BCUT2D eigenvalue weighted by atomic mass is 16.2. The van der Waals surface area contributed by atoms with Gasteiger partial charge in [0.1, 0.15) is 12.1 Å². The lowest BCUT2D eigenvalue weighted by Crippen LogP contribution is -2.55. The summed E-state index contributed by atoms with van der Waals surface area (Å²) in [6.07, 6.45) is 5.31. The van der Waals surface area contributed by atoms with Gasteiger partial charge in [0.2, 0.25) is 11.8 Å². The summed E-state index contributed by atoms with van der Waals surface area (Å²) < 4.78 is 0. The number of fused-ring (bicyclic) bond motifs is 1. The second kappa shape index (κ2) is 13.0. The van der Waals surface area contributed by atoms with Crippen molar-refractivity contribution in [3.63, 3.8) is 0 Å². The number of aromatic nitrogens is 2. The number of H-pyrrole nitrogens is 1. The average molecular weight is 543 g/mol. The normalized spacial score (nSPS) is 13.0. The number of carbonyl (C=O) groups is 4. The molecule has 0 bridgehead atoms. The molecule has 0 aliphatic heterocycles. The van der Waals surface area contributed by atoms with Crippen molar-refractivity contribution in [3.8, 4) is 0 Å². The molecule has 2 aromatic heterocycles. The van der Waals surface area contributed by atoms with Crippen LogP contribution in [0.2, 0.25) is 0 Å². The number of nitrogens with two attached hydrogens (primary N) is 2. The first-order valence-electron chi connectivity index (χ1n) is 12.5. The molecule has 0 saturated heterocycles. The molecule has 9 N–H and O–H groups in total. The molecule has 0 aliphatic rings. The van der Waals surface area contributed by atoms with E-state index in [1.807, 2.05) is 24.3 Å². The molecular formula is C28H30N8O4. The van der Waals surface area contributed by atoms with Crippen LogP contribution in [0, 0.1) is 0 Å². The highest BCUT2D eigenvalue weighted by Crippen LogP contribution is 2.20. The maximum atomic E-state index is 13.4. The smallest absolute Gasteiger partial charge is 0.334 e. The minimum Gasteiger partial charge on any atom is -0.368 e. The third-order valence-corrected chi connectivity index (χ3v) is 6.27. The van der Waals surface area contributed by atoms with E-state index in [0.29, 0.717) is 5.56 Å². The minimum absolute atomic E-state index is 0.143. The largest absolute Gasteiger partial charge is 0.368 e. The van der Waals surface area contributed by atoms with Gasteiger partial charge in [-0.05, 0) is 41.3 Å². The number of para-hydroxylation sites is 1. The fourth-order valence-corrected chi connectivity index (χ4v) is 4.19. The van der Waals surface area contributed by atoms with Crippen LogP contribution in [-0.4, -0.2) is 45.8 Å². The van der Waals surface area contributed by atoms with E-state index in [9.17, 15) is 19.2 Å². The molecule has 4 rings (SSSR count). The lowest BCUT2D eigenvalue weighted by atomic mass is 10.0. The second-order valence-electron chi connectivity index (χ2n) is 9.12. The van der Waals surface area contributed by atoms with Crippen LogP contribution in [0.15, 0.2) is 85.3 Å². The standard InChI is InChI=1S/C28H30N8O4/c29-21(14-17-10-12-31-13-11-17)26(38)35-36-28(40)34-24(18-6-2-1-3-7-18)27(39)33-23(25(30)37)15-19-16-32-22-9-5-4-8-20(19)22/h1-13,16,21,23-24,32H,14-15,29H2,(H2,30,37)(H,33,39)(H,35,38)(H2,34,36,40)/t21-,23-,24-/m0/s1. The third-order valence-electron chi connectivity index (χ3n) is 6.27. The number of hydrazine groups is 1. The molecule has 0 aliphatic carbocycles. The Bertz CT molecular complexity index is 1480. The topological polar surface area (TPSA) is 197 Å². The molecule has 0 saturated carbocycles. The molecule has 0 radical (unpaired) electrons. The molecule has 0 unspecified atom stereocenters. The van der Waals surface area contributed by atoms with Gasteiger partial charge in [0, 0.05) is 35.9 Å². The second-order valence-corrected chi connectivity index (χ2v) is 9.12. The lowest BCUT2D eigenvalue weighted by molar-refractivity contribution is -0.128. The number of nitrogens with one attached hydrogen (secondary N) is 5. The summed E-state index contributed by atoms with van der Waals surface area (Å²) in [5.74, 6) is -2.02. The van der Waals surface area contributed by atoms with E-state index in [4.69, 9.17) is 11.5 Å². The molecule has 2 aromatic carbocycles. The van der Waals surface area contributed by atoms with Crippen LogP contribution in [0.4, 0.5) is 4.79 Å². The van der Waals surface area contributed by atoms with Crippen LogP contribution < -0.4 is 33.0 Å². The molecule has 0 spiro atoms. The minimum atomic E-state index is -1.20. The Kier molecular flexibility index (Phi) is 9.05. The number of hydrogen-bond donors (Lipinski definition) is 7. The maximum Gasteiger partial charge on any atom is 0.334 e. The average Bonchev–Trinajstić information content (AvgIpc) is 3.37. The van der Waals surface area contributed by atoms with Gasteiger partial charge < -0.3 is 27.1 Å². The van der Waals surface area contributed by atoms with Crippen LogP contribution in [0.5, 0.6) is 0 Å². The van der Waals surface area contributed by atoms with Gasteiger partial charge in [-0.3, -0.25) is 24.8 Å². The molecule has 40 heavy (non-hydrogen) atoms. The predicted molar refractivity (Wildman–Crippen MR) is 148 cm³/mol. The molecule has 12 heteroatoms. The van der Waals surface area contributed by atoms with Gasteiger partial charge in [-0.2, -0.15) is 0 Å². The van der Waals surface area contributed by atoms with E-state index in [1.54, 1.807) is 61.1 Å². The number of rotatable bonds is 10. The molecule has 5 amide bonds. The summed E-state index contributed by atoms with van der Waals surface area (Å²) in [5.41, 5.74) is 19.0. The fraction of sp³-hybridized carbons (Fsp3) is 0.179. The van der Waals surface area contributed by atoms with E-state index in [1.165, 1.54) is 0 Å². The van der Waals surface area contributed by atoms with Crippen LogP contribution in [-0.2, 0) is 27.2 Å². The number of benzene rings is 2. The number of urea groups is 1. The highest BCUT2D eigenvalue weighted by molar-refractivity contribution is 5.93. The third kappa shape index (κ3) is 7.20. The number of hydrogen-bond acceptors (Lipinski definition) is 6. The maximum absolute atomic E-state index is 13.4. The summed E-state index contributed by atoms with van der Waals surface area (Å²) in [7, 11) is 0. The number of nitrogens with zero attached hydrogens (tertiary/aromatic N) is 1. The van der Waals surface area contributed by atoms with Crippen molar-refractivity contribution >= 4 is 34.7 Å². The van der Waals surface area contributed by atoms with Crippen LogP contribution >= 0.6 is 0 Å². The molecule has 4 aromatic rings. The van der Waals surface area contributed by atoms with Gasteiger partial charge in [0.25, 0.3) is 5.91 Å². The number of carbonyl (C=O) groups excluding carboxylic acids is 4. The quantitative estimate of drug-likeness (QED) is 0.144. The Hall–Kier alpha value is -5.23. The van der Waals surface area contributed by atoms with Crippen LogP contribution in [0.25, 0.3) is 10.9 Å². The Morgan fingerprint density at radius 3 is 2.25 bits per heavy atom. The highest BCUT2D eigenvalue weighted by Gasteiger charge is 2.28. The Morgan fingerprint density at radius 1 is 0.825 bits per heavy atom. The van der Waals surface area contributed by atoms with Crippen LogP contribution in [0.3, 0.4) is 0 Å². The number of primary amides is 1. The van der Waals surface area contributed by atoms with Crippen molar-refractivity contribution in [2.24, 2.45) is 11.5 Å². The monoisotopic (exact) mass is 542 g/mol. The van der Waals surface area contributed by atoms with E-state index < -0.39 is 41.9 Å². The van der Waals surface area contributed by atoms with E-state index >= 15 is 0 Å². The first-order chi connectivity index (χ1) is 19.3.